The minimum absolute atomic E-state index is 0.0383. The summed E-state index contributed by atoms with van der Waals surface area (Å²) in [6.07, 6.45) is 7.63. The van der Waals surface area contributed by atoms with Crippen LogP contribution in [0.4, 0.5) is 10.1 Å². The van der Waals surface area contributed by atoms with Crippen LogP contribution in [0, 0.1) is 33.9 Å². The standard InChI is InChI=1S/C38H47FN6/c1-8-29-21-44(32-11-9-10-27-18-38(7,19-30(27)32)34-13-12-26(4)20-41-34)15-14-43(29)22-35-42-36-31(39)16-28(25(2)3)17-33(36)45(35)24-37(5,6)23-40/h9-13,16-17,26,29H,2,8,14-15,18-22,24H2,1,3-7H3. The van der Waals surface area contributed by atoms with Crippen LogP contribution in [0.15, 0.2) is 54.1 Å². The zero-order chi connectivity index (χ0) is 32.1. The van der Waals surface area contributed by atoms with E-state index in [1.807, 2.05) is 26.8 Å². The number of nitrogens with zero attached hydrogens (tertiary/aromatic N) is 6. The summed E-state index contributed by atoms with van der Waals surface area (Å²) in [5.74, 6) is 0.984. The third-order valence-electron chi connectivity index (χ3n) is 10.1. The number of hydrogen-bond acceptors (Lipinski definition) is 5. The van der Waals surface area contributed by atoms with E-state index < -0.39 is 5.41 Å². The highest BCUT2D eigenvalue weighted by Crippen LogP contribution is 2.43. The summed E-state index contributed by atoms with van der Waals surface area (Å²) >= 11 is 0. The van der Waals surface area contributed by atoms with Gasteiger partial charge in [-0.25, -0.2) is 9.37 Å². The number of nitriles is 1. The molecule has 6 nitrogen and oxygen atoms in total. The van der Waals surface area contributed by atoms with Crippen molar-refractivity contribution in [2.24, 2.45) is 21.7 Å². The molecular formula is C38H47FN6. The number of dihydropyridines is 1. The number of rotatable bonds is 8. The number of fused-ring (bicyclic) bond motifs is 2. The molecule has 0 bridgehead atoms. The number of aliphatic imine (C=N–C) groups is 1. The van der Waals surface area contributed by atoms with Gasteiger partial charge in [0, 0.05) is 55.6 Å². The maximum absolute atomic E-state index is 15.4. The number of halogens is 1. The van der Waals surface area contributed by atoms with E-state index in [1.54, 1.807) is 0 Å². The van der Waals surface area contributed by atoms with Crippen LogP contribution in [-0.4, -0.2) is 52.4 Å². The maximum atomic E-state index is 15.4. The fourth-order valence-corrected chi connectivity index (χ4v) is 7.44. The van der Waals surface area contributed by atoms with E-state index in [0.29, 0.717) is 30.6 Å². The van der Waals surface area contributed by atoms with Gasteiger partial charge in [-0.05, 0) is 86.9 Å². The first-order chi connectivity index (χ1) is 21.4. The Bertz CT molecular complexity index is 1740. The van der Waals surface area contributed by atoms with E-state index in [1.165, 1.54) is 28.6 Å². The van der Waals surface area contributed by atoms with Crippen molar-refractivity contribution in [3.8, 4) is 6.07 Å². The summed E-state index contributed by atoms with van der Waals surface area (Å²) in [7, 11) is 0. The Kier molecular flexibility index (Phi) is 8.24. The lowest BCUT2D eigenvalue weighted by Gasteiger charge is -2.43. The Balaban J connectivity index is 1.26. The molecule has 236 valence electrons. The van der Waals surface area contributed by atoms with Gasteiger partial charge in [-0.15, -0.1) is 0 Å². The lowest BCUT2D eigenvalue weighted by Crippen LogP contribution is -2.53. The van der Waals surface area contributed by atoms with Crippen LogP contribution in [0.25, 0.3) is 16.6 Å². The van der Waals surface area contributed by atoms with E-state index in [4.69, 9.17) is 9.98 Å². The second-order valence-corrected chi connectivity index (χ2v) is 14.6. The predicted molar refractivity (Wildman–Crippen MR) is 183 cm³/mol. The van der Waals surface area contributed by atoms with Crippen molar-refractivity contribution in [2.45, 2.75) is 79.9 Å². The molecule has 2 aromatic carbocycles. The number of hydrogen-bond donors (Lipinski definition) is 0. The first-order valence-electron chi connectivity index (χ1n) is 16.5. The van der Waals surface area contributed by atoms with E-state index in [9.17, 15) is 5.26 Å². The van der Waals surface area contributed by atoms with Gasteiger partial charge in [0.25, 0.3) is 0 Å². The largest absolute Gasteiger partial charge is 0.368 e. The van der Waals surface area contributed by atoms with Crippen molar-refractivity contribution >= 4 is 28.0 Å². The summed E-state index contributed by atoms with van der Waals surface area (Å²) in [5, 5.41) is 9.88. The number of piperazine rings is 1. The predicted octanol–water partition coefficient (Wildman–Crippen LogP) is 7.61. The van der Waals surface area contributed by atoms with E-state index in [-0.39, 0.29) is 11.2 Å². The maximum Gasteiger partial charge on any atom is 0.151 e. The molecule has 3 atom stereocenters. The molecule has 0 spiro atoms. The van der Waals surface area contributed by atoms with Gasteiger partial charge in [0.05, 0.1) is 23.5 Å². The number of anilines is 1. The zero-order valence-electron chi connectivity index (χ0n) is 27.8. The Morgan fingerprint density at radius 2 is 2.02 bits per heavy atom. The van der Waals surface area contributed by atoms with Gasteiger partial charge in [-0.1, -0.05) is 51.1 Å². The molecule has 45 heavy (non-hydrogen) atoms. The topological polar surface area (TPSA) is 60.5 Å². The smallest absolute Gasteiger partial charge is 0.151 e. The van der Waals surface area contributed by atoms with Crippen molar-refractivity contribution in [1.82, 2.24) is 14.5 Å². The van der Waals surface area contributed by atoms with Crippen LogP contribution in [0.5, 0.6) is 0 Å². The Morgan fingerprint density at radius 1 is 1.22 bits per heavy atom. The fourth-order valence-electron chi connectivity index (χ4n) is 7.44. The van der Waals surface area contributed by atoms with Gasteiger partial charge in [0.2, 0.25) is 0 Å². The van der Waals surface area contributed by atoms with Crippen LogP contribution < -0.4 is 4.90 Å². The average molecular weight is 607 g/mol. The molecule has 3 heterocycles. The van der Waals surface area contributed by atoms with Crippen LogP contribution >= 0.6 is 0 Å². The van der Waals surface area contributed by atoms with Crippen molar-refractivity contribution in [3.63, 3.8) is 0 Å². The molecule has 6 rings (SSSR count). The molecule has 0 N–H and O–H groups in total. The van der Waals surface area contributed by atoms with Crippen molar-refractivity contribution < 1.29 is 4.39 Å². The number of aromatic nitrogens is 2. The Morgan fingerprint density at radius 3 is 2.71 bits per heavy atom. The molecule has 3 aromatic rings. The minimum Gasteiger partial charge on any atom is -0.368 e. The molecule has 0 saturated carbocycles. The Labute approximate surface area is 268 Å². The van der Waals surface area contributed by atoms with Gasteiger partial charge in [0.15, 0.2) is 5.82 Å². The third-order valence-corrected chi connectivity index (χ3v) is 10.1. The minimum atomic E-state index is -0.625. The van der Waals surface area contributed by atoms with E-state index >= 15 is 4.39 Å². The van der Waals surface area contributed by atoms with Crippen LogP contribution in [0.2, 0.25) is 0 Å². The molecule has 3 aliphatic rings. The van der Waals surface area contributed by atoms with Gasteiger partial charge >= 0.3 is 0 Å². The average Bonchev–Trinajstić information content (AvgIpc) is 3.54. The lowest BCUT2D eigenvalue weighted by molar-refractivity contribution is 0.157. The summed E-state index contributed by atoms with van der Waals surface area (Å²) in [6.45, 7) is 21.3. The lowest BCUT2D eigenvalue weighted by atomic mass is 9.80. The third kappa shape index (κ3) is 5.97. The fraction of sp³-hybridized carbons (Fsp3) is 0.500. The summed E-state index contributed by atoms with van der Waals surface area (Å²) in [4.78, 5) is 14.9. The van der Waals surface area contributed by atoms with Gasteiger partial charge in [0.1, 0.15) is 11.3 Å². The highest BCUT2D eigenvalue weighted by molar-refractivity contribution is 6.01. The molecule has 7 heteroatoms. The molecule has 0 amide bonds. The Hall–Kier alpha value is -3.76. The molecular weight excluding hydrogens is 559 g/mol. The first kappa shape index (κ1) is 31.2. The molecule has 1 aromatic heterocycles. The molecule has 0 radical (unpaired) electrons. The molecule has 1 saturated heterocycles. The van der Waals surface area contributed by atoms with Crippen molar-refractivity contribution in [3.05, 3.63) is 77.4 Å². The van der Waals surface area contributed by atoms with E-state index in [2.05, 4.69) is 78.1 Å². The summed E-state index contributed by atoms with van der Waals surface area (Å²) in [6, 6.07) is 13.1. The first-order valence-corrected chi connectivity index (χ1v) is 16.5. The number of benzene rings is 2. The number of imidazole rings is 1. The second-order valence-electron chi connectivity index (χ2n) is 14.6. The molecule has 1 aliphatic carbocycles. The van der Waals surface area contributed by atoms with Gasteiger partial charge in [-0.2, -0.15) is 5.26 Å². The highest BCUT2D eigenvalue weighted by atomic mass is 19.1. The SMILES string of the molecule is C=C(C)c1cc(F)c2nc(CN3CCN(c4cccc5c4CC(C)(C4=NCC(C)C=C4)C5)CC3CC)n(CC(C)(C)C#N)c2c1. The molecule has 3 unspecified atom stereocenters. The van der Waals surface area contributed by atoms with E-state index in [0.717, 1.165) is 67.9 Å². The van der Waals surface area contributed by atoms with Crippen molar-refractivity contribution in [2.75, 3.05) is 31.1 Å². The molecule has 1 fully saturated rings. The van der Waals surface area contributed by atoms with Crippen molar-refractivity contribution in [1.29, 1.82) is 5.26 Å². The van der Waals surface area contributed by atoms with Crippen LogP contribution in [-0.2, 0) is 25.9 Å². The van der Waals surface area contributed by atoms with Gasteiger partial charge in [-0.3, -0.25) is 9.89 Å². The second kappa shape index (κ2) is 11.9. The van der Waals surface area contributed by atoms with Crippen LogP contribution in [0.3, 0.4) is 0 Å². The highest BCUT2D eigenvalue weighted by Gasteiger charge is 2.39. The quantitative estimate of drug-likeness (QED) is 0.265. The van der Waals surface area contributed by atoms with Crippen LogP contribution in [0.1, 0.15) is 70.5 Å². The zero-order valence-corrected chi connectivity index (χ0v) is 27.8. The summed E-state index contributed by atoms with van der Waals surface area (Å²) < 4.78 is 17.4. The number of allylic oxidation sites excluding steroid dienone is 2. The summed E-state index contributed by atoms with van der Waals surface area (Å²) in [5.41, 5.74) is 7.60. The molecule has 2 aliphatic heterocycles. The monoisotopic (exact) mass is 606 g/mol. The normalized spacial score (nSPS) is 23.7. The van der Waals surface area contributed by atoms with Gasteiger partial charge < -0.3 is 9.47 Å².